The van der Waals surface area contributed by atoms with E-state index in [0.717, 1.165) is 10.0 Å². The van der Waals surface area contributed by atoms with Crippen LogP contribution < -0.4 is 15.4 Å². The first-order valence-electron chi connectivity index (χ1n) is 7.57. The van der Waals surface area contributed by atoms with Crippen molar-refractivity contribution in [2.24, 2.45) is 0 Å². The van der Waals surface area contributed by atoms with Crippen molar-refractivity contribution in [2.45, 2.75) is 26.9 Å². The molecule has 2 aromatic carbocycles. The molecular formula is C18H18BrClN2O3. The third-order valence-corrected chi connectivity index (χ3v) is 4.12. The molecule has 0 spiro atoms. The van der Waals surface area contributed by atoms with Gasteiger partial charge in [-0.2, -0.15) is 0 Å². The molecule has 2 rings (SSSR count). The fourth-order valence-electron chi connectivity index (χ4n) is 2.10. The van der Waals surface area contributed by atoms with Crippen molar-refractivity contribution in [3.63, 3.8) is 0 Å². The Hall–Kier alpha value is -2.05. The van der Waals surface area contributed by atoms with Crippen LogP contribution in [0.1, 0.15) is 19.4 Å². The van der Waals surface area contributed by atoms with E-state index in [4.69, 9.17) is 16.3 Å². The Balaban J connectivity index is 2.14. The van der Waals surface area contributed by atoms with E-state index in [9.17, 15) is 9.59 Å². The summed E-state index contributed by atoms with van der Waals surface area (Å²) in [6.07, 6.45) is -0.775. The second-order valence-electron chi connectivity index (χ2n) is 5.55. The first-order valence-corrected chi connectivity index (χ1v) is 8.74. The van der Waals surface area contributed by atoms with Gasteiger partial charge in [-0.15, -0.1) is 0 Å². The maximum Gasteiger partial charge on any atom is 0.265 e. The third-order valence-electron chi connectivity index (χ3n) is 3.31. The molecule has 5 nitrogen and oxygen atoms in total. The fraction of sp³-hybridized carbons (Fsp3) is 0.222. The van der Waals surface area contributed by atoms with Crippen LogP contribution in [0.25, 0.3) is 0 Å². The minimum absolute atomic E-state index is 0.228. The van der Waals surface area contributed by atoms with Gasteiger partial charge in [0.15, 0.2) is 6.10 Å². The van der Waals surface area contributed by atoms with Crippen LogP contribution in [0, 0.1) is 6.92 Å². The van der Waals surface area contributed by atoms with Crippen LogP contribution in [0.15, 0.2) is 40.9 Å². The summed E-state index contributed by atoms with van der Waals surface area (Å²) in [6, 6.07) is 10.5. The highest BCUT2D eigenvalue weighted by molar-refractivity contribution is 9.10. The SMILES string of the molecule is CC(=O)Nc1ccc(Br)cc1NC(=O)C(C)Oc1cc(C)ccc1Cl. The van der Waals surface area contributed by atoms with Crippen LogP contribution >= 0.6 is 27.5 Å². The Labute approximate surface area is 159 Å². The molecule has 2 N–H and O–H groups in total. The van der Waals surface area contributed by atoms with Crippen molar-refractivity contribution >= 4 is 50.7 Å². The Bertz CT molecular complexity index is 811. The molecule has 0 aliphatic rings. The predicted octanol–water partition coefficient (Wildman–Crippen LogP) is 4.78. The van der Waals surface area contributed by atoms with Crippen molar-refractivity contribution in [3.05, 3.63) is 51.5 Å². The van der Waals surface area contributed by atoms with Gasteiger partial charge >= 0.3 is 0 Å². The summed E-state index contributed by atoms with van der Waals surface area (Å²) in [7, 11) is 0. The summed E-state index contributed by atoms with van der Waals surface area (Å²) in [5, 5.41) is 5.87. The summed E-state index contributed by atoms with van der Waals surface area (Å²) in [5.41, 5.74) is 1.96. The Morgan fingerprint density at radius 1 is 1.12 bits per heavy atom. The number of carbonyl (C=O) groups is 2. The lowest BCUT2D eigenvalue weighted by Gasteiger charge is -2.18. The van der Waals surface area contributed by atoms with Crippen LogP contribution in [0.4, 0.5) is 11.4 Å². The maximum atomic E-state index is 12.5. The molecule has 7 heteroatoms. The third kappa shape index (κ3) is 5.47. The number of aryl methyl sites for hydroxylation is 1. The smallest absolute Gasteiger partial charge is 0.265 e. The minimum atomic E-state index is -0.775. The number of hydrogen-bond acceptors (Lipinski definition) is 3. The topological polar surface area (TPSA) is 67.4 Å². The van der Waals surface area contributed by atoms with Gasteiger partial charge in [0, 0.05) is 11.4 Å². The molecule has 1 unspecified atom stereocenters. The van der Waals surface area contributed by atoms with Gasteiger partial charge in [0.05, 0.1) is 16.4 Å². The zero-order valence-electron chi connectivity index (χ0n) is 14.0. The number of hydrogen-bond donors (Lipinski definition) is 2. The average molecular weight is 426 g/mol. The molecule has 1 atom stereocenters. The molecular weight excluding hydrogens is 408 g/mol. The summed E-state index contributed by atoms with van der Waals surface area (Å²) in [6.45, 7) is 4.94. The van der Waals surface area contributed by atoms with Crippen LogP contribution in [0.5, 0.6) is 5.75 Å². The first-order chi connectivity index (χ1) is 11.8. The summed E-state index contributed by atoms with van der Waals surface area (Å²) in [5.74, 6) is -0.142. The summed E-state index contributed by atoms with van der Waals surface area (Å²) in [4.78, 5) is 23.8. The molecule has 0 aliphatic heterocycles. The Kier molecular flexibility index (Phi) is 6.45. The normalized spacial score (nSPS) is 11.6. The number of anilines is 2. The van der Waals surface area contributed by atoms with Gasteiger partial charge in [-0.05, 0) is 49.7 Å². The van der Waals surface area contributed by atoms with Crippen molar-refractivity contribution in [3.8, 4) is 5.75 Å². The minimum Gasteiger partial charge on any atom is -0.479 e. The molecule has 2 amide bonds. The molecule has 0 saturated carbocycles. The largest absolute Gasteiger partial charge is 0.479 e. The Morgan fingerprint density at radius 3 is 2.52 bits per heavy atom. The fourth-order valence-corrected chi connectivity index (χ4v) is 2.62. The molecule has 0 aromatic heterocycles. The highest BCUT2D eigenvalue weighted by atomic mass is 79.9. The van der Waals surface area contributed by atoms with Crippen LogP contribution in [-0.2, 0) is 9.59 Å². The van der Waals surface area contributed by atoms with E-state index in [0.29, 0.717) is 22.1 Å². The van der Waals surface area contributed by atoms with Gasteiger partial charge in [-0.25, -0.2) is 0 Å². The van der Waals surface area contributed by atoms with Gasteiger partial charge in [-0.1, -0.05) is 33.6 Å². The van der Waals surface area contributed by atoms with E-state index in [1.54, 1.807) is 37.3 Å². The monoisotopic (exact) mass is 424 g/mol. The van der Waals surface area contributed by atoms with E-state index >= 15 is 0 Å². The van der Waals surface area contributed by atoms with Gasteiger partial charge in [0.25, 0.3) is 5.91 Å². The van der Waals surface area contributed by atoms with Gasteiger partial charge < -0.3 is 15.4 Å². The average Bonchev–Trinajstić information content (AvgIpc) is 2.53. The molecule has 0 heterocycles. The van der Waals surface area contributed by atoms with E-state index < -0.39 is 6.10 Å². The first kappa shape index (κ1) is 19.3. The van der Waals surface area contributed by atoms with E-state index in [2.05, 4.69) is 26.6 Å². The standard InChI is InChI=1S/C18H18BrClN2O3/c1-10-4-6-14(20)17(8-10)25-11(2)18(24)22-16-9-13(19)5-7-15(16)21-12(3)23/h4-9,11H,1-3H3,(H,21,23)(H,22,24). The van der Waals surface area contributed by atoms with Crippen molar-refractivity contribution in [1.82, 2.24) is 0 Å². The highest BCUT2D eigenvalue weighted by Crippen LogP contribution is 2.28. The zero-order valence-corrected chi connectivity index (χ0v) is 16.4. The molecule has 0 radical (unpaired) electrons. The molecule has 25 heavy (non-hydrogen) atoms. The molecule has 132 valence electrons. The number of benzene rings is 2. The lowest BCUT2D eigenvalue weighted by molar-refractivity contribution is -0.122. The maximum absolute atomic E-state index is 12.5. The lowest BCUT2D eigenvalue weighted by Crippen LogP contribution is -2.30. The van der Waals surface area contributed by atoms with Crippen molar-refractivity contribution in [1.29, 1.82) is 0 Å². The number of amides is 2. The van der Waals surface area contributed by atoms with Crippen LogP contribution in [0.3, 0.4) is 0 Å². The lowest BCUT2D eigenvalue weighted by atomic mass is 10.2. The number of ether oxygens (including phenoxy) is 1. The second kappa shape index (κ2) is 8.36. The molecule has 0 fully saturated rings. The second-order valence-corrected chi connectivity index (χ2v) is 6.88. The van der Waals surface area contributed by atoms with Crippen molar-refractivity contribution in [2.75, 3.05) is 10.6 Å². The van der Waals surface area contributed by atoms with E-state index in [1.807, 2.05) is 13.0 Å². The van der Waals surface area contributed by atoms with E-state index in [1.165, 1.54) is 6.92 Å². The number of halogens is 2. The molecule has 0 bridgehead atoms. The predicted molar refractivity (Wildman–Crippen MR) is 103 cm³/mol. The number of carbonyl (C=O) groups excluding carboxylic acids is 2. The summed E-state index contributed by atoms with van der Waals surface area (Å²) < 4.78 is 6.44. The molecule has 0 aliphatic carbocycles. The number of nitrogens with one attached hydrogen (secondary N) is 2. The van der Waals surface area contributed by atoms with Crippen molar-refractivity contribution < 1.29 is 14.3 Å². The summed E-state index contributed by atoms with van der Waals surface area (Å²) >= 11 is 9.45. The number of rotatable bonds is 5. The van der Waals surface area contributed by atoms with E-state index in [-0.39, 0.29) is 11.8 Å². The Morgan fingerprint density at radius 2 is 1.84 bits per heavy atom. The van der Waals surface area contributed by atoms with Gasteiger partial charge in [0.1, 0.15) is 5.75 Å². The quantitative estimate of drug-likeness (QED) is 0.725. The highest BCUT2D eigenvalue weighted by Gasteiger charge is 2.18. The zero-order chi connectivity index (χ0) is 18.6. The van der Waals surface area contributed by atoms with Gasteiger partial charge in [-0.3, -0.25) is 9.59 Å². The molecule has 2 aromatic rings. The van der Waals surface area contributed by atoms with Crippen LogP contribution in [-0.4, -0.2) is 17.9 Å². The molecule has 0 saturated heterocycles. The van der Waals surface area contributed by atoms with Crippen LogP contribution in [0.2, 0.25) is 5.02 Å². The van der Waals surface area contributed by atoms with Gasteiger partial charge in [0.2, 0.25) is 5.91 Å².